The van der Waals surface area contributed by atoms with Gasteiger partial charge in [-0.3, -0.25) is 14.9 Å². The van der Waals surface area contributed by atoms with Gasteiger partial charge in [0.05, 0.1) is 5.69 Å². The number of carbonyl (C=O) groups excluding carboxylic acids is 2. The third-order valence-corrected chi connectivity index (χ3v) is 1.73. The zero-order valence-corrected chi connectivity index (χ0v) is 7.52. The van der Waals surface area contributed by atoms with Crippen molar-refractivity contribution in [2.75, 3.05) is 5.32 Å². The molecule has 2 heterocycles. The molecule has 2 aromatic rings. The molecule has 0 saturated carbocycles. The number of amides is 1. The average Bonchev–Trinajstić information content (AvgIpc) is 2.86. The lowest BCUT2D eigenvalue weighted by molar-refractivity contribution is 0.102. The maximum absolute atomic E-state index is 11.5. The van der Waals surface area contributed by atoms with Crippen LogP contribution in [-0.2, 0) is 0 Å². The third-order valence-electron chi connectivity index (χ3n) is 1.73. The van der Waals surface area contributed by atoms with Crippen molar-refractivity contribution in [1.82, 2.24) is 20.2 Å². The fourth-order valence-corrected chi connectivity index (χ4v) is 1.05. The molecule has 0 spiro atoms. The van der Waals surface area contributed by atoms with Gasteiger partial charge in [-0.15, -0.1) is 0 Å². The van der Waals surface area contributed by atoms with E-state index in [-0.39, 0.29) is 17.5 Å². The van der Waals surface area contributed by atoms with E-state index in [9.17, 15) is 9.59 Å². The second-order valence-electron chi connectivity index (χ2n) is 2.73. The van der Waals surface area contributed by atoms with Crippen molar-refractivity contribution < 1.29 is 9.59 Å². The molecule has 0 atom stereocenters. The minimum Gasteiger partial charge on any atom is -0.348 e. The van der Waals surface area contributed by atoms with E-state index < -0.39 is 0 Å². The molecule has 15 heavy (non-hydrogen) atoms. The summed E-state index contributed by atoms with van der Waals surface area (Å²) < 4.78 is 0. The van der Waals surface area contributed by atoms with Crippen LogP contribution in [0.2, 0.25) is 0 Å². The van der Waals surface area contributed by atoms with Gasteiger partial charge in [-0.25, -0.2) is 5.10 Å². The van der Waals surface area contributed by atoms with Crippen molar-refractivity contribution in [1.29, 1.82) is 0 Å². The fraction of sp³-hybridized carbons (Fsp3) is 0. The lowest BCUT2D eigenvalue weighted by Crippen LogP contribution is -2.13. The first-order chi connectivity index (χ1) is 7.29. The largest absolute Gasteiger partial charge is 0.348 e. The monoisotopic (exact) mass is 205 g/mol. The first-order valence-electron chi connectivity index (χ1n) is 4.10. The number of carbonyl (C=O) groups is 2. The molecular formula is C8H7N5O2. The van der Waals surface area contributed by atoms with Gasteiger partial charge in [-0.1, -0.05) is 0 Å². The van der Waals surface area contributed by atoms with Gasteiger partial charge in [0, 0.05) is 0 Å². The Labute approximate surface area is 83.9 Å². The molecule has 0 saturated heterocycles. The predicted molar refractivity (Wildman–Crippen MR) is 50.5 cm³/mol. The van der Waals surface area contributed by atoms with Crippen LogP contribution < -0.4 is 5.32 Å². The Hall–Kier alpha value is -2.44. The number of H-pyrrole nitrogens is 2. The molecule has 0 bridgehead atoms. The highest BCUT2D eigenvalue weighted by atomic mass is 16.2. The SMILES string of the molecule is O=Cc1ccc(C(=O)Nc2ncn[nH]2)[nH]1. The normalized spacial score (nSPS) is 9.87. The second-order valence-corrected chi connectivity index (χ2v) is 2.73. The maximum atomic E-state index is 11.5. The molecular weight excluding hydrogens is 198 g/mol. The van der Waals surface area contributed by atoms with Gasteiger partial charge < -0.3 is 4.98 Å². The van der Waals surface area contributed by atoms with Crippen LogP contribution in [-0.4, -0.2) is 32.4 Å². The van der Waals surface area contributed by atoms with Gasteiger partial charge in [-0.2, -0.15) is 10.1 Å². The highest BCUT2D eigenvalue weighted by molar-refractivity contribution is 6.02. The van der Waals surface area contributed by atoms with Crippen LogP contribution in [0.5, 0.6) is 0 Å². The number of rotatable bonds is 3. The van der Waals surface area contributed by atoms with Gasteiger partial charge in [0.25, 0.3) is 5.91 Å². The van der Waals surface area contributed by atoms with Crippen molar-refractivity contribution >= 4 is 18.1 Å². The number of anilines is 1. The Morgan fingerprint density at radius 1 is 1.47 bits per heavy atom. The summed E-state index contributed by atoms with van der Waals surface area (Å²) in [6.07, 6.45) is 1.91. The molecule has 2 rings (SSSR count). The zero-order chi connectivity index (χ0) is 10.7. The number of nitrogens with one attached hydrogen (secondary N) is 3. The van der Waals surface area contributed by atoms with E-state index in [2.05, 4.69) is 25.5 Å². The standard InChI is InChI=1S/C8H7N5O2/c14-3-5-1-2-6(11-5)7(15)12-8-9-4-10-13-8/h1-4,11H,(H2,9,10,12,13,15). The van der Waals surface area contributed by atoms with Crippen LogP contribution in [0.1, 0.15) is 21.0 Å². The van der Waals surface area contributed by atoms with E-state index in [4.69, 9.17) is 0 Å². The minimum atomic E-state index is -0.389. The Balaban J connectivity index is 2.11. The van der Waals surface area contributed by atoms with Crippen LogP contribution in [0.15, 0.2) is 18.5 Å². The summed E-state index contributed by atoms with van der Waals surface area (Å²) >= 11 is 0. The van der Waals surface area contributed by atoms with Gasteiger partial charge in [0.1, 0.15) is 12.0 Å². The molecule has 0 fully saturated rings. The molecule has 0 aliphatic carbocycles. The molecule has 7 heteroatoms. The summed E-state index contributed by atoms with van der Waals surface area (Å²) in [5, 5.41) is 8.52. The van der Waals surface area contributed by atoms with Crippen LogP contribution >= 0.6 is 0 Å². The van der Waals surface area contributed by atoms with Gasteiger partial charge >= 0.3 is 0 Å². The van der Waals surface area contributed by atoms with E-state index in [1.807, 2.05) is 0 Å². The number of hydrogen-bond acceptors (Lipinski definition) is 4. The van der Waals surface area contributed by atoms with E-state index in [1.165, 1.54) is 18.5 Å². The zero-order valence-electron chi connectivity index (χ0n) is 7.52. The lowest BCUT2D eigenvalue weighted by Gasteiger charge is -1.97. The number of aldehydes is 1. The summed E-state index contributed by atoms with van der Waals surface area (Å²) in [4.78, 5) is 28.2. The smallest absolute Gasteiger partial charge is 0.274 e. The molecule has 0 radical (unpaired) electrons. The van der Waals surface area contributed by atoms with Crippen LogP contribution in [0.3, 0.4) is 0 Å². The Morgan fingerprint density at radius 3 is 2.93 bits per heavy atom. The van der Waals surface area contributed by atoms with Gasteiger partial charge in [0.15, 0.2) is 6.29 Å². The Bertz CT molecular complexity index is 473. The first-order valence-corrected chi connectivity index (χ1v) is 4.10. The van der Waals surface area contributed by atoms with Gasteiger partial charge in [-0.05, 0) is 12.1 Å². The van der Waals surface area contributed by atoms with Crippen molar-refractivity contribution in [3.05, 3.63) is 29.8 Å². The highest BCUT2D eigenvalue weighted by Gasteiger charge is 2.09. The molecule has 1 amide bonds. The number of aromatic amines is 2. The van der Waals surface area contributed by atoms with Crippen molar-refractivity contribution in [3.63, 3.8) is 0 Å². The van der Waals surface area contributed by atoms with Crippen LogP contribution in [0, 0.1) is 0 Å². The molecule has 3 N–H and O–H groups in total. The van der Waals surface area contributed by atoms with E-state index in [0.29, 0.717) is 12.0 Å². The third kappa shape index (κ3) is 1.90. The Morgan fingerprint density at radius 2 is 2.33 bits per heavy atom. The molecule has 0 unspecified atom stereocenters. The molecule has 0 aliphatic heterocycles. The molecule has 2 aromatic heterocycles. The van der Waals surface area contributed by atoms with Crippen LogP contribution in [0.4, 0.5) is 5.95 Å². The predicted octanol–water partition coefficient (Wildman–Crippen LogP) is 0.198. The van der Waals surface area contributed by atoms with Crippen molar-refractivity contribution in [2.24, 2.45) is 0 Å². The number of aromatic nitrogens is 4. The molecule has 0 aromatic carbocycles. The summed E-state index contributed by atoms with van der Waals surface area (Å²) in [6, 6.07) is 3.03. The maximum Gasteiger partial charge on any atom is 0.274 e. The van der Waals surface area contributed by atoms with E-state index >= 15 is 0 Å². The number of nitrogens with zero attached hydrogens (tertiary/aromatic N) is 2. The minimum absolute atomic E-state index is 0.252. The van der Waals surface area contributed by atoms with Crippen molar-refractivity contribution in [2.45, 2.75) is 0 Å². The molecule has 0 aliphatic rings. The Kier molecular flexibility index (Phi) is 2.28. The van der Waals surface area contributed by atoms with Crippen molar-refractivity contribution in [3.8, 4) is 0 Å². The summed E-state index contributed by atoms with van der Waals surface area (Å²) in [7, 11) is 0. The fourth-order valence-electron chi connectivity index (χ4n) is 1.05. The second kappa shape index (κ2) is 3.74. The van der Waals surface area contributed by atoms with E-state index in [0.717, 1.165) is 0 Å². The first kappa shape index (κ1) is 9.13. The topological polar surface area (TPSA) is 104 Å². The summed E-state index contributed by atoms with van der Waals surface area (Å²) in [5.41, 5.74) is 0.631. The van der Waals surface area contributed by atoms with E-state index in [1.54, 1.807) is 0 Å². The quantitative estimate of drug-likeness (QED) is 0.622. The average molecular weight is 205 g/mol. The summed E-state index contributed by atoms with van der Waals surface area (Å²) in [5.74, 6) is -0.137. The van der Waals surface area contributed by atoms with Crippen LogP contribution in [0.25, 0.3) is 0 Å². The highest BCUT2D eigenvalue weighted by Crippen LogP contribution is 2.02. The van der Waals surface area contributed by atoms with Gasteiger partial charge in [0.2, 0.25) is 5.95 Å². The summed E-state index contributed by atoms with van der Waals surface area (Å²) in [6.45, 7) is 0. The number of hydrogen-bond donors (Lipinski definition) is 3. The molecule has 7 nitrogen and oxygen atoms in total. The lowest BCUT2D eigenvalue weighted by atomic mass is 10.4. The molecule has 76 valence electrons.